The molecule has 0 aromatic heterocycles. The van der Waals surface area contributed by atoms with Crippen LogP contribution >= 0.6 is 23.2 Å². The van der Waals surface area contributed by atoms with Crippen molar-refractivity contribution in [2.75, 3.05) is 68.8 Å². The van der Waals surface area contributed by atoms with Gasteiger partial charge in [0.05, 0.1) is 33.6 Å². The molecule has 4 aliphatic rings. The Hall–Kier alpha value is -4.69. The van der Waals surface area contributed by atoms with Crippen molar-refractivity contribution in [1.82, 2.24) is 9.80 Å². The maximum atomic E-state index is 12.9. The van der Waals surface area contributed by atoms with Crippen molar-refractivity contribution in [1.29, 1.82) is 0 Å². The zero-order valence-electron chi connectivity index (χ0n) is 29.9. The van der Waals surface area contributed by atoms with E-state index < -0.39 is 18.1 Å². The Balaban J connectivity index is 1.03. The number of aliphatic carboxylic acids is 1. The SMILES string of the molecule is O=C(O)[C@@H]1C[C@@H](O)CN1CCN1C(=O)COc2cc(-c3cccc(-c4cccc(-c5ccc6c(c5)OCC(=O)N6CCN5CC[C@@H](O)C5)c4Cl)c3Cl)ccc21. The number of carbonyl (C=O) groups is 3. The second-order valence-electron chi connectivity index (χ2n) is 14.3. The van der Waals surface area contributed by atoms with E-state index in [2.05, 4.69) is 4.90 Å². The summed E-state index contributed by atoms with van der Waals surface area (Å²) >= 11 is 14.3. The van der Waals surface area contributed by atoms with E-state index in [4.69, 9.17) is 32.7 Å². The first-order chi connectivity index (χ1) is 26.5. The van der Waals surface area contributed by atoms with Crippen LogP contribution in [0.5, 0.6) is 11.5 Å². The number of carbonyl (C=O) groups excluding carboxylic acids is 2. The molecule has 8 rings (SSSR count). The van der Waals surface area contributed by atoms with Gasteiger partial charge in [0, 0.05) is 74.5 Å². The minimum atomic E-state index is -0.993. The standard InChI is InChI=1S/C41H40Cl2N4O8/c42-39-28(24-7-9-32-35(17-24)54-22-37(50)46(32)15-13-44-12-11-26(48)20-44)3-1-5-30(39)31-6-2-4-29(40(31)43)25-8-10-33-36(18-25)55-23-38(51)47(33)16-14-45-21-27(49)19-34(45)41(52)53/h1-10,17-18,26-27,34,48-49H,11-16,19-23H2,(H,52,53)/t26-,27-,34+/m1/s1. The summed E-state index contributed by atoms with van der Waals surface area (Å²) in [6.07, 6.45) is -0.151. The average molecular weight is 788 g/mol. The van der Waals surface area contributed by atoms with Crippen molar-refractivity contribution in [2.45, 2.75) is 31.1 Å². The van der Waals surface area contributed by atoms with E-state index in [9.17, 15) is 29.7 Å². The quantitative estimate of drug-likeness (QED) is 0.200. The lowest BCUT2D eigenvalue weighted by Crippen LogP contribution is -2.45. The number of ether oxygens (including phenoxy) is 2. The minimum Gasteiger partial charge on any atom is -0.482 e. The maximum absolute atomic E-state index is 12.9. The number of likely N-dealkylation sites (tertiary alicyclic amines) is 2. The lowest BCUT2D eigenvalue weighted by atomic mass is 9.95. The molecule has 4 aromatic rings. The summed E-state index contributed by atoms with van der Waals surface area (Å²) in [4.78, 5) is 44.7. The number of amides is 2. The molecule has 2 fully saturated rings. The number of nitrogens with zero attached hydrogens (tertiary/aromatic N) is 4. The van der Waals surface area contributed by atoms with Crippen LogP contribution in [0.15, 0.2) is 72.8 Å². The number of fused-ring (bicyclic) bond motifs is 2. The first-order valence-electron chi connectivity index (χ1n) is 18.3. The van der Waals surface area contributed by atoms with Crippen molar-refractivity contribution >= 4 is 52.4 Å². The zero-order chi connectivity index (χ0) is 38.4. The summed E-state index contributed by atoms with van der Waals surface area (Å²) in [5, 5.41) is 30.5. The molecule has 0 bridgehead atoms. The Morgan fingerprint density at radius 1 is 0.691 bits per heavy atom. The van der Waals surface area contributed by atoms with Crippen LogP contribution in [0.1, 0.15) is 12.8 Å². The smallest absolute Gasteiger partial charge is 0.321 e. The topological polar surface area (TPSA) is 143 Å². The van der Waals surface area contributed by atoms with Gasteiger partial charge in [-0.1, -0.05) is 71.7 Å². The summed E-state index contributed by atoms with van der Waals surface area (Å²) in [6.45, 7) is 3.12. The lowest BCUT2D eigenvalue weighted by molar-refractivity contribution is -0.142. The van der Waals surface area contributed by atoms with Gasteiger partial charge >= 0.3 is 5.97 Å². The van der Waals surface area contributed by atoms with Crippen LogP contribution in [0, 0.1) is 0 Å². The number of aliphatic hydroxyl groups excluding tert-OH is 2. The summed E-state index contributed by atoms with van der Waals surface area (Å²) in [5.41, 5.74) is 5.82. The number of halogens is 2. The molecular formula is C41H40Cl2N4O8. The normalized spacial score (nSPS) is 21.3. The van der Waals surface area contributed by atoms with Crippen LogP contribution in [0.2, 0.25) is 10.0 Å². The van der Waals surface area contributed by atoms with Gasteiger partial charge in [-0.05, 0) is 41.8 Å². The molecule has 14 heteroatoms. The van der Waals surface area contributed by atoms with Crippen molar-refractivity contribution in [3.05, 3.63) is 82.8 Å². The molecule has 4 aromatic carbocycles. The fourth-order valence-corrected chi connectivity index (χ4v) is 8.70. The fourth-order valence-electron chi connectivity index (χ4n) is 8.03. The third-order valence-corrected chi connectivity index (χ3v) is 11.7. The minimum absolute atomic E-state index is 0.0614. The largest absolute Gasteiger partial charge is 0.482 e. The number of rotatable bonds is 10. The molecule has 4 heterocycles. The molecule has 0 unspecified atom stereocenters. The van der Waals surface area contributed by atoms with Crippen molar-refractivity contribution in [2.24, 2.45) is 0 Å². The van der Waals surface area contributed by atoms with E-state index in [0.717, 1.165) is 46.3 Å². The highest BCUT2D eigenvalue weighted by Crippen LogP contribution is 2.45. The van der Waals surface area contributed by atoms with E-state index in [0.29, 0.717) is 52.6 Å². The van der Waals surface area contributed by atoms with E-state index in [1.165, 1.54) is 0 Å². The highest BCUT2D eigenvalue weighted by molar-refractivity contribution is 6.39. The fraction of sp³-hybridized carbons (Fsp3) is 0.341. The number of hydrogen-bond acceptors (Lipinski definition) is 9. The maximum Gasteiger partial charge on any atom is 0.321 e. The Morgan fingerprint density at radius 3 is 1.73 bits per heavy atom. The van der Waals surface area contributed by atoms with Gasteiger partial charge in [0.1, 0.15) is 17.5 Å². The Labute approximate surface area is 328 Å². The number of carboxylic acid groups (broad SMARTS) is 1. The second kappa shape index (κ2) is 15.4. The number of β-amino-alcohol motifs (C(OH)–C–C–N with tert-alkyl or cyclic N) is 2. The van der Waals surface area contributed by atoms with Gasteiger partial charge in [-0.25, -0.2) is 0 Å². The van der Waals surface area contributed by atoms with Crippen LogP contribution in [0.25, 0.3) is 33.4 Å². The monoisotopic (exact) mass is 786 g/mol. The molecule has 0 spiro atoms. The third-order valence-electron chi connectivity index (χ3n) is 10.9. The Kier molecular flexibility index (Phi) is 10.5. The molecule has 286 valence electrons. The molecule has 2 amide bonds. The van der Waals surface area contributed by atoms with Gasteiger partial charge in [0.25, 0.3) is 11.8 Å². The van der Waals surface area contributed by atoms with E-state index in [-0.39, 0.29) is 57.2 Å². The van der Waals surface area contributed by atoms with Crippen molar-refractivity contribution in [3.8, 4) is 44.9 Å². The van der Waals surface area contributed by atoms with E-state index in [1.807, 2.05) is 66.7 Å². The molecule has 2 saturated heterocycles. The number of aliphatic hydroxyl groups is 2. The van der Waals surface area contributed by atoms with Crippen LogP contribution in [-0.2, 0) is 14.4 Å². The number of anilines is 2. The number of carboxylic acids is 1. The second-order valence-corrected chi connectivity index (χ2v) is 15.1. The molecule has 4 aliphatic heterocycles. The van der Waals surface area contributed by atoms with Crippen molar-refractivity contribution in [3.63, 3.8) is 0 Å². The number of hydrogen-bond donors (Lipinski definition) is 3. The van der Waals surface area contributed by atoms with E-state index in [1.54, 1.807) is 20.8 Å². The molecule has 0 radical (unpaired) electrons. The molecule has 0 aliphatic carbocycles. The zero-order valence-corrected chi connectivity index (χ0v) is 31.4. The van der Waals surface area contributed by atoms with Gasteiger partial charge in [0.2, 0.25) is 0 Å². The van der Waals surface area contributed by atoms with Gasteiger partial charge in [-0.3, -0.25) is 24.2 Å². The predicted molar refractivity (Wildman–Crippen MR) is 209 cm³/mol. The predicted octanol–water partition coefficient (Wildman–Crippen LogP) is 5.03. The average Bonchev–Trinajstić information content (AvgIpc) is 3.78. The molecule has 0 saturated carbocycles. The molecule has 3 atom stereocenters. The first-order valence-corrected chi connectivity index (χ1v) is 19.1. The summed E-state index contributed by atoms with van der Waals surface area (Å²) < 4.78 is 11.7. The van der Waals surface area contributed by atoms with Gasteiger partial charge in [-0.15, -0.1) is 0 Å². The molecule has 3 N–H and O–H groups in total. The van der Waals surface area contributed by atoms with Crippen LogP contribution in [0.3, 0.4) is 0 Å². The van der Waals surface area contributed by atoms with Gasteiger partial charge in [0.15, 0.2) is 13.2 Å². The van der Waals surface area contributed by atoms with Crippen LogP contribution in [-0.4, -0.2) is 120 Å². The molecular weight excluding hydrogens is 747 g/mol. The van der Waals surface area contributed by atoms with Crippen molar-refractivity contribution < 1.29 is 39.2 Å². The highest BCUT2D eigenvalue weighted by Gasteiger charge is 2.37. The summed E-state index contributed by atoms with van der Waals surface area (Å²) in [7, 11) is 0. The summed E-state index contributed by atoms with van der Waals surface area (Å²) in [5.74, 6) is -0.251. The van der Waals surface area contributed by atoms with Gasteiger partial charge < -0.3 is 34.6 Å². The van der Waals surface area contributed by atoms with Gasteiger partial charge in [-0.2, -0.15) is 0 Å². The van der Waals surface area contributed by atoms with Crippen LogP contribution < -0.4 is 19.3 Å². The van der Waals surface area contributed by atoms with Crippen LogP contribution in [0.4, 0.5) is 11.4 Å². The highest BCUT2D eigenvalue weighted by atomic mass is 35.5. The molecule has 55 heavy (non-hydrogen) atoms. The Morgan fingerprint density at radius 2 is 1.22 bits per heavy atom. The summed E-state index contributed by atoms with van der Waals surface area (Å²) in [6, 6.07) is 21.9. The number of benzene rings is 4. The van der Waals surface area contributed by atoms with E-state index >= 15 is 0 Å². The molecule has 12 nitrogen and oxygen atoms in total. The lowest BCUT2D eigenvalue weighted by Gasteiger charge is -2.32. The first kappa shape index (κ1) is 37.2. The Bertz CT molecular complexity index is 2170. The third kappa shape index (κ3) is 7.38.